The van der Waals surface area contributed by atoms with Gasteiger partial charge in [0.1, 0.15) is 17.0 Å². The Morgan fingerprint density at radius 2 is 1.61 bits per heavy atom. The zero-order valence-corrected chi connectivity index (χ0v) is 29.9. The number of aliphatic carboxylic acids is 1. The summed E-state index contributed by atoms with van der Waals surface area (Å²) < 4.78 is 13.4. The predicted molar refractivity (Wildman–Crippen MR) is 192 cm³/mol. The molecule has 4 aliphatic carbocycles. The monoisotopic (exact) mass is 671 g/mol. The third-order valence-electron chi connectivity index (χ3n) is 11.2. The Hall–Kier alpha value is -4.05. The van der Waals surface area contributed by atoms with Gasteiger partial charge in [-0.3, -0.25) is 4.79 Å². The fourth-order valence-electron chi connectivity index (χ4n) is 9.03. The van der Waals surface area contributed by atoms with Crippen LogP contribution in [0.4, 0.5) is 5.69 Å². The molecule has 0 radical (unpaired) electrons. The van der Waals surface area contributed by atoms with Crippen molar-refractivity contribution < 1.29 is 24.2 Å². The van der Waals surface area contributed by atoms with Crippen LogP contribution in [0.2, 0.25) is 0 Å². The maximum absolute atomic E-state index is 14.3. The first-order valence-electron chi connectivity index (χ1n) is 18.0. The van der Waals surface area contributed by atoms with Crippen LogP contribution < -0.4 is 20.1 Å². The molecular weight excluding hydrogens is 618 g/mol. The molecule has 264 valence electrons. The Morgan fingerprint density at radius 3 is 2.18 bits per heavy atom. The second kappa shape index (κ2) is 14.4. The highest BCUT2D eigenvalue weighted by Crippen LogP contribution is 2.58. The third-order valence-corrected chi connectivity index (χ3v) is 11.2. The molecular formula is C39H53N5O5. The van der Waals surface area contributed by atoms with Gasteiger partial charge in [-0.15, -0.1) is 0 Å². The molecule has 0 saturated heterocycles. The van der Waals surface area contributed by atoms with Crippen molar-refractivity contribution in [2.75, 3.05) is 46.7 Å². The number of nitrogens with one attached hydrogen (secondary N) is 2. The predicted octanol–water partition coefficient (Wildman–Crippen LogP) is 6.83. The fraction of sp³-hybridized carbons (Fsp3) is 0.564. The van der Waals surface area contributed by atoms with Gasteiger partial charge in [0, 0.05) is 12.2 Å². The number of benzene rings is 2. The lowest BCUT2D eigenvalue weighted by Crippen LogP contribution is -2.70. The van der Waals surface area contributed by atoms with E-state index in [0.717, 1.165) is 68.6 Å². The van der Waals surface area contributed by atoms with Gasteiger partial charge in [0.25, 0.3) is 5.91 Å². The summed E-state index contributed by atoms with van der Waals surface area (Å²) in [6.45, 7) is 6.27. The number of carboxylic acids is 1. The zero-order chi connectivity index (χ0) is 34.9. The van der Waals surface area contributed by atoms with Crippen LogP contribution in [0.15, 0.2) is 42.5 Å². The van der Waals surface area contributed by atoms with Crippen molar-refractivity contribution in [3.8, 4) is 28.4 Å². The summed E-state index contributed by atoms with van der Waals surface area (Å²) in [4.78, 5) is 29.6. The van der Waals surface area contributed by atoms with E-state index in [0.29, 0.717) is 34.6 Å². The van der Waals surface area contributed by atoms with Crippen molar-refractivity contribution in [1.29, 1.82) is 0 Å². The van der Waals surface area contributed by atoms with E-state index < -0.39 is 17.4 Å². The van der Waals surface area contributed by atoms with Gasteiger partial charge in [-0.05, 0) is 137 Å². The van der Waals surface area contributed by atoms with Crippen LogP contribution in [0.25, 0.3) is 16.9 Å². The first kappa shape index (κ1) is 34.8. The summed E-state index contributed by atoms with van der Waals surface area (Å²) >= 11 is 0. The molecule has 10 nitrogen and oxygen atoms in total. The minimum absolute atomic E-state index is 0.0679. The van der Waals surface area contributed by atoms with Crippen LogP contribution in [0.1, 0.15) is 87.2 Å². The molecule has 4 fully saturated rings. The normalized spacial score (nSPS) is 24.0. The van der Waals surface area contributed by atoms with E-state index in [1.807, 2.05) is 24.3 Å². The van der Waals surface area contributed by atoms with E-state index >= 15 is 0 Å². The van der Waals surface area contributed by atoms with E-state index in [4.69, 9.17) is 14.6 Å². The molecule has 1 amide bonds. The van der Waals surface area contributed by atoms with Gasteiger partial charge in [-0.2, -0.15) is 5.10 Å². The Morgan fingerprint density at radius 1 is 0.959 bits per heavy atom. The highest BCUT2D eigenvalue weighted by atomic mass is 16.5. The van der Waals surface area contributed by atoms with Crippen LogP contribution in [0.3, 0.4) is 0 Å². The fourth-order valence-corrected chi connectivity index (χ4v) is 9.03. The summed E-state index contributed by atoms with van der Waals surface area (Å²) in [6, 6.07) is 13.6. The Bertz CT molecular complexity index is 1610. The van der Waals surface area contributed by atoms with Crippen molar-refractivity contribution in [3.63, 3.8) is 0 Å². The molecule has 49 heavy (non-hydrogen) atoms. The van der Waals surface area contributed by atoms with Gasteiger partial charge in [0.2, 0.25) is 0 Å². The van der Waals surface area contributed by atoms with Crippen molar-refractivity contribution in [3.05, 3.63) is 53.7 Å². The van der Waals surface area contributed by atoms with E-state index in [9.17, 15) is 14.7 Å². The van der Waals surface area contributed by atoms with Gasteiger partial charge < -0.3 is 30.1 Å². The first-order chi connectivity index (χ1) is 23.5. The molecule has 4 aliphatic rings. The van der Waals surface area contributed by atoms with Crippen LogP contribution >= 0.6 is 0 Å². The van der Waals surface area contributed by atoms with E-state index in [2.05, 4.69) is 55.6 Å². The summed E-state index contributed by atoms with van der Waals surface area (Å²) in [5, 5.41) is 22.3. The number of methoxy groups -OCH3 is 2. The number of carbonyl (C=O) groups excluding carboxylic acids is 1. The lowest BCUT2D eigenvalue weighted by Gasteiger charge is -2.59. The van der Waals surface area contributed by atoms with Gasteiger partial charge in [0.05, 0.1) is 31.2 Å². The number of rotatable bonds is 15. The number of nitrogens with zero attached hydrogens (tertiary/aromatic N) is 3. The number of anilines is 1. The standard InChI is InChI=1S/C39H53N5O5/c1-24(2)30-22-29(40-15-8-7-9-16-43(3)4)13-14-32(30)44-33(36-34(48-5)11-10-12-35(36)49-6)23-31(42-44)37(45)41-39(38(46)47)27-18-25-17-26(20-27)21-28(39)19-25/h10-14,22-28,40H,7-9,15-21H2,1-6H3,(H,41,45)(H,46,47). The second-order valence-corrected chi connectivity index (χ2v) is 15.0. The lowest BCUT2D eigenvalue weighted by atomic mass is 9.48. The van der Waals surface area contributed by atoms with Crippen molar-refractivity contribution in [1.82, 2.24) is 20.0 Å². The average Bonchev–Trinajstić information content (AvgIpc) is 3.52. The number of ether oxygens (including phenoxy) is 2. The quantitative estimate of drug-likeness (QED) is 0.151. The highest BCUT2D eigenvalue weighted by Gasteiger charge is 2.62. The van der Waals surface area contributed by atoms with E-state index in [1.165, 1.54) is 12.8 Å². The molecule has 10 heteroatoms. The van der Waals surface area contributed by atoms with Crippen molar-refractivity contribution in [2.45, 2.75) is 76.7 Å². The summed E-state index contributed by atoms with van der Waals surface area (Å²) in [5.74, 6) is 0.892. The van der Waals surface area contributed by atoms with Gasteiger partial charge in [-0.1, -0.05) is 26.3 Å². The molecule has 1 aromatic heterocycles. The van der Waals surface area contributed by atoms with Crippen LogP contribution in [0, 0.1) is 23.7 Å². The number of hydrogen-bond donors (Lipinski definition) is 3. The summed E-state index contributed by atoms with van der Waals surface area (Å²) in [5.41, 5.74) is 3.09. The average molecular weight is 672 g/mol. The second-order valence-electron chi connectivity index (χ2n) is 15.0. The Kier molecular flexibility index (Phi) is 10.2. The van der Waals surface area contributed by atoms with Crippen LogP contribution in [-0.2, 0) is 4.79 Å². The molecule has 0 atom stereocenters. The Balaban J connectivity index is 1.37. The minimum Gasteiger partial charge on any atom is -0.496 e. The lowest BCUT2D eigenvalue weighted by molar-refractivity contribution is -0.163. The van der Waals surface area contributed by atoms with Crippen molar-refractivity contribution >= 4 is 17.6 Å². The molecule has 4 bridgehead atoms. The van der Waals surface area contributed by atoms with E-state index in [-0.39, 0.29) is 23.4 Å². The number of unbranched alkanes of at least 4 members (excludes halogenated alkanes) is 2. The van der Waals surface area contributed by atoms with E-state index in [1.54, 1.807) is 25.0 Å². The minimum atomic E-state index is -1.28. The summed E-state index contributed by atoms with van der Waals surface area (Å²) in [6.07, 6.45) is 8.02. The largest absolute Gasteiger partial charge is 0.496 e. The molecule has 2 aromatic carbocycles. The molecule has 0 spiro atoms. The SMILES string of the molecule is COc1cccc(OC)c1-c1cc(C(=O)NC2(C(=O)O)C3CC4CC(C3)CC2C4)nn1-c1ccc(NCCCCCN(C)C)cc1C(C)C. The third kappa shape index (κ3) is 6.76. The molecule has 3 aromatic rings. The molecule has 1 heterocycles. The summed E-state index contributed by atoms with van der Waals surface area (Å²) in [7, 11) is 7.42. The van der Waals surface area contributed by atoms with Crippen molar-refractivity contribution in [2.24, 2.45) is 23.7 Å². The topological polar surface area (TPSA) is 118 Å². The number of amides is 1. The van der Waals surface area contributed by atoms with Gasteiger partial charge >= 0.3 is 5.97 Å². The first-order valence-corrected chi connectivity index (χ1v) is 18.0. The molecule has 0 aliphatic heterocycles. The van der Waals surface area contributed by atoms with Gasteiger partial charge in [-0.25, -0.2) is 9.48 Å². The molecule has 4 saturated carbocycles. The molecule has 0 unspecified atom stereocenters. The Labute approximate surface area is 290 Å². The maximum Gasteiger partial charge on any atom is 0.330 e. The molecule has 3 N–H and O–H groups in total. The molecule has 7 rings (SSSR count). The maximum atomic E-state index is 14.3. The number of hydrogen-bond acceptors (Lipinski definition) is 7. The van der Waals surface area contributed by atoms with Gasteiger partial charge in [0.15, 0.2) is 5.69 Å². The number of carboxylic acid groups (broad SMARTS) is 1. The van der Waals surface area contributed by atoms with Crippen LogP contribution in [-0.4, -0.2) is 78.6 Å². The van der Waals surface area contributed by atoms with Crippen LogP contribution in [0.5, 0.6) is 11.5 Å². The number of aromatic nitrogens is 2. The zero-order valence-electron chi connectivity index (χ0n) is 29.9. The highest BCUT2D eigenvalue weighted by molar-refractivity contribution is 5.98. The smallest absolute Gasteiger partial charge is 0.330 e. The number of carbonyl (C=O) groups is 2.